The molecule has 0 bridgehead atoms. The summed E-state index contributed by atoms with van der Waals surface area (Å²) in [5, 5.41) is 4.35. The highest BCUT2D eigenvalue weighted by molar-refractivity contribution is 9.10. The Kier molecular flexibility index (Phi) is 5.55. The fraction of sp³-hybridized carbons (Fsp3) is 0.600. The van der Waals surface area contributed by atoms with Crippen LogP contribution in [0.2, 0.25) is 5.02 Å². The van der Waals surface area contributed by atoms with Gasteiger partial charge in [-0.3, -0.25) is 0 Å². The molecular formula is C15H22BrClN2. The van der Waals surface area contributed by atoms with Crippen LogP contribution >= 0.6 is 27.5 Å². The van der Waals surface area contributed by atoms with Gasteiger partial charge in [0.2, 0.25) is 0 Å². The van der Waals surface area contributed by atoms with Gasteiger partial charge in [0.25, 0.3) is 0 Å². The number of nitrogens with one attached hydrogen (secondary N) is 1. The number of nitrogens with zero attached hydrogens (tertiary/aromatic N) is 1. The molecule has 2 rings (SSSR count). The Bertz CT molecular complexity index is 423. The second-order valence-corrected chi connectivity index (χ2v) is 7.04. The van der Waals surface area contributed by atoms with Crippen LogP contribution < -0.4 is 10.2 Å². The molecule has 0 amide bonds. The van der Waals surface area contributed by atoms with Gasteiger partial charge in [0.05, 0.1) is 5.69 Å². The Morgan fingerprint density at radius 1 is 1.47 bits per heavy atom. The minimum Gasteiger partial charge on any atom is -0.370 e. The van der Waals surface area contributed by atoms with E-state index in [4.69, 9.17) is 11.6 Å². The van der Waals surface area contributed by atoms with Gasteiger partial charge in [0, 0.05) is 22.6 Å². The normalized spacial score (nSPS) is 19.4. The maximum absolute atomic E-state index is 5.99. The molecule has 0 aliphatic carbocycles. The van der Waals surface area contributed by atoms with Gasteiger partial charge < -0.3 is 10.2 Å². The van der Waals surface area contributed by atoms with Gasteiger partial charge in [-0.05, 0) is 65.5 Å². The predicted octanol–water partition coefficient (Wildman–Crippen LogP) is 4.17. The first-order valence-electron chi connectivity index (χ1n) is 6.97. The summed E-state index contributed by atoms with van der Waals surface area (Å²) in [4.78, 5) is 2.45. The first-order valence-corrected chi connectivity index (χ1v) is 8.14. The highest BCUT2D eigenvalue weighted by atomic mass is 79.9. The van der Waals surface area contributed by atoms with Crippen LogP contribution in [0.3, 0.4) is 0 Å². The van der Waals surface area contributed by atoms with Crippen LogP contribution in [0.15, 0.2) is 22.7 Å². The second kappa shape index (κ2) is 6.96. The van der Waals surface area contributed by atoms with E-state index in [1.165, 1.54) is 12.1 Å². The third-order valence-electron chi connectivity index (χ3n) is 3.52. The minimum atomic E-state index is 0.725. The largest absolute Gasteiger partial charge is 0.370 e. The molecule has 1 N–H and O–H groups in total. The van der Waals surface area contributed by atoms with Crippen molar-refractivity contribution in [2.75, 3.05) is 31.1 Å². The standard InChI is InChI=1S/C15H22BrClN2/c1-11(2)8-18-9-12-5-6-19(10-12)15-4-3-13(17)7-14(15)16/h3-4,7,11-12,18H,5-6,8-10H2,1-2H3. The molecule has 106 valence electrons. The molecule has 1 aromatic carbocycles. The first kappa shape index (κ1) is 15.1. The fourth-order valence-corrected chi connectivity index (χ4v) is 3.47. The molecule has 2 nitrogen and oxygen atoms in total. The van der Waals surface area contributed by atoms with E-state index in [0.29, 0.717) is 0 Å². The smallest absolute Gasteiger partial charge is 0.0511 e. The van der Waals surface area contributed by atoms with E-state index in [9.17, 15) is 0 Å². The van der Waals surface area contributed by atoms with E-state index in [0.717, 1.165) is 47.5 Å². The van der Waals surface area contributed by atoms with Gasteiger partial charge in [-0.15, -0.1) is 0 Å². The lowest BCUT2D eigenvalue weighted by molar-refractivity contribution is 0.477. The van der Waals surface area contributed by atoms with Crippen LogP contribution in [0.1, 0.15) is 20.3 Å². The topological polar surface area (TPSA) is 15.3 Å². The van der Waals surface area contributed by atoms with Gasteiger partial charge in [-0.2, -0.15) is 0 Å². The molecule has 0 radical (unpaired) electrons. The maximum Gasteiger partial charge on any atom is 0.0511 e. The van der Waals surface area contributed by atoms with Gasteiger partial charge in [-0.1, -0.05) is 25.4 Å². The van der Waals surface area contributed by atoms with Crippen molar-refractivity contribution < 1.29 is 0 Å². The lowest BCUT2D eigenvalue weighted by Crippen LogP contribution is -2.28. The van der Waals surface area contributed by atoms with Gasteiger partial charge in [-0.25, -0.2) is 0 Å². The summed E-state index contributed by atoms with van der Waals surface area (Å²) in [6.45, 7) is 9.00. The van der Waals surface area contributed by atoms with Crippen molar-refractivity contribution >= 4 is 33.2 Å². The van der Waals surface area contributed by atoms with Crippen molar-refractivity contribution in [3.8, 4) is 0 Å². The molecule has 1 unspecified atom stereocenters. The Morgan fingerprint density at radius 2 is 2.26 bits per heavy atom. The monoisotopic (exact) mass is 344 g/mol. The molecule has 1 heterocycles. The Morgan fingerprint density at radius 3 is 2.95 bits per heavy atom. The van der Waals surface area contributed by atoms with Crippen LogP contribution in [-0.4, -0.2) is 26.2 Å². The summed E-state index contributed by atoms with van der Waals surface area (Å²) < 4.78 is 1.09. The number of rotatable bonds is 5. The number of hydrogen-bond donors (Lipinski definition) is 1. The van der Waals surface area contributed by atoms with Gasteiger partial charge >= 0.3 is 0 Å². The SMILES string of the molecule is CC(C)CNCC1CCN(c2ccc(Cl)cc2Br)C1. The highest BCUT2D eigenvalue weighted by Gasteiger charge is 2.23. The Hall–Kier alpha value is -0.250. The van der Waals surface area contributed by atoms with Gasteiger partial charge in [0.15, 0.2) is 0 Å². The van der Waals surface area contributed by atoms with E-state index >= 15 is 0 Å². The number of anilines is 1. The lowest BCUT2D eigenvalue weighted by atomic mass is 10.1. The van der Waals surface area contributed by atoms with E-state index in [1.807, 2.05) is 12.1 Å². The molecule has 1 aliphatic rings. The summed E-state index contributed by atoms with van der Waals surface area (Å²) in [7, 11) is 0. The molecule has 4 heteroatoms. The Labute approximate surface area is 129 Å². The maximum atomic E-state index is 5.99. The third-order valence-corrected chi connectivity index (χ3v) is 4.39. The minimum absolute atomic E-state index is 0.725. The van der Waals surface area contributed by atoms with Crippen molar-refractivity contribution in [1.29, 1.82) is 0 Å². The van der Waals surface area contributed by atoms with Crippen LogP contribution in [0.4, 0.5) is 5.69 Å². The van der Waals surface area contributed by atoms with Crippen molar-refractivity contribution in [2.45, 2.75) is 20.3 Å². The third kappa shape index (κ3) is 4.37. The van der Waals surface area contributed by atoms with Crippen molar-refractivity contribution in [2.24, 2.45) is 11.8 Å². The van der Waals surface area contributed by atoms with Crippen LogP contribution in [0.5, 0.6) is 0 Å². The van der Waals surface area contributed by atoms with Crippen molar-refractivity contribution in [3.05, 3.63) is 27.7 Å². The van der Waals surface area contributed by atoms with Crippen LogP contribution in [0, 0.1) is 11.8 Å². The predicted molar refractivity (Wildman–Crippen MR) is 87.2 cm³/mol. The van der Waals surface area contributed by atoms with Crippen LogP contribution in [-0.2, 0) is 0 Å². The van der Waals surface area contributed by atoms with E-state index in [2.05, 4.69) is 46.1 Å². The van der Waals surface area contributed by atoms with E-state index in [1.54, 1.807) is 0 Å². The number of halogens is 2. The molecule has 19 heavy (non-hydrogen) atoms. The molecule has 1 aliphatic heterocycles. The lowest BCUT2D eigenvalue weighted by Gasteiger charge is -2.20. The zero-order valence-electron chi connectivity index (χ0n) is 11.6. The fourth-order valence-electron chi connectivity index (χ4n) is 2.53. The van der Waals surface area contributed by atoms with Crippen LogP contribution in [0.25, 0.3) is 0 Å². The second-order valence-electron chi connectivity index (χ2n) is 5.75. The molecule has 1 aromatic rings. The zero-order chi connectivity index (χ0) is 13.8. The van der Waals surface area contributed by atoms with Crippen molar-refractivity contribution in [3.63, 3.8) is 0 Å². The first-order chi connectivity index (χ1) is 9.06. The van der Waals surface area contributed by atoms with Gasteiger partial charge in [0.1, 0.15) is 0 Å². The summed E-state index contributed by atoms with van der Waals surface area (Å²) in [5.74, 6) is 1.48. The summed E-state index contributed by atoms with van der Waals surface area (Å²) in [6.07, 6.45) is 1.26. The van der Waals surface area contributed by atoms with Crippen molar-refractivity contribution in [1.82, 2.24) is 5.32 Å². The number of hydrogen-bond acceptors (Lipinski definition) is 2. The highest BCUT2D eigenvalue weighted by Crippen LogP contribution is 2.32. The molecular weight excluding hydrogens is 324 g/mol. The summed E-state index contributed by atoms with van der Waals surface area (Å²) in [6, 6.07) is 6.05. The molecule has 0 saturated carbocycles. The molecule has 1 atom stereocenters. The average molecular weight is 346 g/mol. The quantitative estimate of drug-likeness (QED) is 0.861. The number of benzene rings is 1. The molecule has 1 saturated heterocycles. The molecule has 0 aromatic heterocycles. The zero-order valence-corrected chi connectivity index (χ0v) is 14.0. The van der Waals surface area contributed by atoms with E-state index in [-0.39, 0.29) is 0 Å². The molecule has 0 spiro atoms. The molecule has 1 fully saturated rings. The average Bonchev–Trinajstić information content (AvgIpc) is 2.77. The summed E-state index contributed by atoms with van der Waals surface area (Å²) >= 11 is 9.60. The van der Waals surface area contributed by atoms with E-state index < -0.39 is 0 Å². The Balaban J connectivity index is 1.87. The summed E-state index contributed by atoms with van der Waals surface area (Å²) in [5.41, 5.74) is 1.26.